The standard InChI is InChI=1S/C16H10ClF3O2/c17-12-6-7-13-10(8-12)9-15(16(18,19)20,22-14(13)21)11-4-2-1-3-5-11/h1-8H,9H2/t15-/m0/s1. The number of alkyl halides is 3. The minimum absolute atomic E-state index is 0.110. The van der Waals surface area contributed by atoms with E-state index < -0.39 is 24.2 Å². The van der Waals surface area contributed by atoms with E-state index in [-0.39, 0.29) is 21.7 Å². The molecule has 0 spiro atoms. The van der Waals surface area contributed by atoms with Gasteiger partial charge in [-0.1, -0.05) is 41.9 Å². The summed E-state index contributed by atoms with van der Waals surface area (Å²) in [6.45, 7) is 0. The van der Waals surface area contributed by atoms with Crippen molar-refractivity contribution >= 4 is 17.6 Å². The molecule has 22 heavy (non-hydrogen) atoms. The number of carbonyl (C=O) groups is 1. The van der Waals surface area contributed by atoms with Gasteiger partial charge in [0.1, 0.15) is 0 Å². The van der Waals surface area contributed by atoms with Crippen molar-refractivity contribution < 1.29 is 22.7 Å². The lowest BCUT2D eigenvalue weighted by Crippen LogP contribution is -2.50. The molecule has 2 aromatic carbocycles. The Balaban J connectivity index is 2.20. The van der Waals surface area contributed by atoms with E-state index in [2.05, 4.69) is 0 Å². The van der Waals surface area contributed by atoms with Crippen molar-refractivity contribution in [2.45, 2.75) is 18.2 Å². The minimum atomic E-state index is -4.75. The molecule has 0 saturated heterocycles. The lowest BCUT2D eigenvalue weighted by atomic mass is 9.82. The topological polar surface area (TPSA) is 26.3 Å². The van der Waals surface area contributed by atoms with Crippen LogP contribution in [0.25, 0.3) is 0 Å². The monoisotopic (exact) mass is 326 g/mol. The molecule has 1 atom stereocenters. The molecule has 0 fully saturated rings. The zero-order chi connectivity index (χ0) is 16.0. The molecular weight excluding hydrogens is 317 g/mol. The van der Waals surface area contributed by atoms with Crippen molar-refractivity contribution in [1.29, 1.82) is 0 Å². The highest BCUT2D eigenvalue weighted by molar-refractivity contribution is 6.30. The number of halogens is 4. The fourth-order valence-electron chi connectivity index (χ4n) is 2.62. The number of cyclic esters (lactones) is 1. The van der Waals surface area contributed by atoms with E-state index in [0.29, 0.717) is 0 Å². The van der Waals surface area contributed by atoms with Gasteiger partial charge in [0.05, 0.1) is 5.56 Å². The second-order valence-electron chi connectivity index (χ2n) is 5.06. The summed E-state index contributed by atoms with van der Waals surface area (Å²) >= 11 is 5.84. The van der Waals surface area contributed by atoms with Gasteiger partial charge in [-0.3, -0.25) is 0 Å². The third-order valence-corrected chi connectivity index (χ3v) is 3.93. The molecule has 0 aliphatic carbocycles. The molecule has 0 N–H and O–H groups in total. The van der Waals surface area contributed by atoms with Crippen LogP contribution in [0.4, 0.5) is 13.2 Å². The molecule has 2 nitrogen and oxygen atoms in total. The first-order valence-electron chi connectivity index (χ1n) is 6.47. The molecule has 1 heterocycles. The maximum Gasteiger partial charge on any atom is 0.433 e. The van der Waals surface area contributed by atoms with Crippen LogP contribution in [0.3, 0.4) is 0 Å². The molecule has 0 unspecified atom stereocenters. The Morgan fingerprint density at radius 2 is 1.77 bits per heavy atom. The number of fused-ring (bicyclic) bond motifs is 1. The lowest BCUT2D eigenvalue weighted by Gasteiger charge is -2.39. The fraction of sp³-hybridized carbons (Fsp3) is 0.188. The summed E-state index contributed by atoms with van der Waals surface area (Å²) in [5.74, 6) is -1.00. The van der Waals surface area contributed by atoms with Crippen molar-refractivity contribution in [3.05, 3.63) is 70.2 Å². The highest BCUT2D eigenvalue weighted by Crippen LogP contribution is 2.48. The third kappa shape index (κ3) is 2.25. The first-order chi connectivity index (χ1) is 10.3. The maximum absolute atomic E-state index is 13.7. The molecule has 0 bridgehead atoms. The molecule has 0 saturated carbocycles. The van der Waals surface area contributed by atoms with Crippen LogP contribution in [0, 0.1) is 0 Å². The normalized spacial score (nSPS) is 21.2. The van der Waals surface area contributed by atoms with Crippen LogP contribution in [0.5, 0.6) is 0 Å². The van der Waals surface area contributed by atoms with Gasteiger partial charge in [0.15, 0.2) is 0 Å². The Kier molecular flexibility index (Phi) is 3.40. The summed E-state index contributed by atoms with van der Waals surface area (Å²) in [5.41, 5.74) is -2.46. The average molecular weight is 327 g/mol. The zero-order valence-corrected chi connectivity index (χ0v) is 11.9. The Labute approximate surface area is 129 Å². The van der Waals surface area contributed by atoms with Gasteiger partial charge in [0.2, 0.25) is 5.60 Å². The molecule has 0 amide bonds. The van der Waals surface area contributed by atoms with E-state index in [9.17, 15) is 18.0 Å². The van der Waals surface area contributed by atoms with Crippen molar-refractivity contribution in [2.24, 2.45) is 0 Å². The molecular formula is C16H10ClF3O2. The summed E-state index contributed by atoms with van der Waals surface area (Å²) in [6.07, 6.45) is -5.24. The summed E-state index contributed by atoms with van der Waals surface area (Å²) in [5, 5.41) is 0.276. The predicted octanol–water partition coefficient (Wildman–Crippen LogP) is 4.51. The molecule has 1 aliphatic heterocycles. The number of ether oxygens (including phenoxy) is 1. The molecule has 3 rings (SSSR count). The molecule has 2 aromatic rings. The van der Waals surface area contributed by atoms with Crippen molar-refractivity contribution in [1.82, 2.24) is 0 Å². The largest absolute Gasteiger partial charge is 0.440 e. The fourth-order valence-corrected chi connectivity index (χ4v) is 2.81. The Hall–Kier alpha value is -2.01. The Morgan fingerprint density at radius 1 is 1.09 bits per heavy atom. The highest BCUT2D eigenvalue weighted by Gasteiger charge is 2.61. The molecule has 1 aliphatic rings. The van der Waals surface area contributed by atoms with Crippen LogP contribution in [0.2, 0.25) is 5.02 Å². The maximum atomic E-state index is 13.7. The highest BCUT2D eigenvalue weighted by atomic mass is 35.5. The van der Waals surface area contributed by atoms with Gasteiger partial charge in [-0.15, -0.1) is 0 Å². The average Bonchev–Trinajstić information content (AvgIpc) is 2.46. The van der Waals surface area contributed by atoms with Crippen LogP contribution < -0.4 is 0 Å². The van der Waals surface area contributed by atoms with Gasteiger partial charge < -0.3 is 4.74 Å². The second-order valence-corrected chi connectivity index (χ2v) is 5.50. The molecule has 0 aromatic heterocycles. The van der Waals surface area contributed by atoms with E-state index in [4.69, 9.17) is 16.3 Å². The third-order valence-electron chi connectivity index (χ3n) is 3.69. The Morgan fingerprint density at radius 3 is 2.41 bits per heavy atom. The van der Waals surface area contributed by atoms with E-state index in [1.807, 2.05) is 0 Å². The minimum Gasteiger partial charge on any atom is -0.440 e. The van der Waals surface area contributed by atoms with Crippen molar-refractivity contribution in [3.8, 4) is 0 Å². The smallest absolute Gasteiger partial charge is 0.433 e. The lowest BCUT2D eigenvalue weighted by molar-refractivity contribution is -0.267. The number of hydrogen-bond acceptors (Lipinski definition) is 2. The zero-order valence-electron chi connectivity index (χ0n) is 11.2. The molecule has 114 valence electrons. The summed E-state index contributed by atoms with van der Waals surface area (Å²) in [7, 11) is 0. The molecule has 0 radical (unpaired) electrons. The van der Waals surface area contributed by atoms with Gasteiger partial charge in [0, 0.05) is 17.0 Å². The number of esters is 1. The van der Waals surface area contributed by atoms with Gasteiger partial charge in [-0.05, 0) is 23.8 Å². The van der Waals surface area contributed by atoms with Crippen molar-refractivity contribution in [2.75, 3.05) is 0 Å². The first kappa shape index (κ1) is 14.9. The van der Waals surface area contributed by atoms with E-state index in [1.165, 1.54) is 42.5 Å². The number of benzene rings is 2. The van der Waals surface area contributed by atoms with Crippen LogP contribution >= 0.6 is 11.6 Å². The summed E-state index contributed by atoms with van der Waals surface area (Å²) < 4.78 is 46.1. The van der Waals surface area contributed by atoms with Gasteiger partial charge >= 0.3 is 12.1 Å². The van der Waals surface area contributed by atoms with E-state index in [0.717, 1.165) is 0 Å². The SMILES string of the molecule is O=C1O[C@@](c2ccccc2)(C(F)(F)F)Cc2cc(Cl)ccc21. The van der Waals surface area contributed by atoms with Crippen molar-refractivity contribution in [3.63, 3.8) is 0 Å². The van der Waals surface area contributed by atoms with E-state index in [1.54, 1.807) is 6.07 Å². The van der Waals surface area contributed by atoms with Crippen LogP contribution in [-0.4, -0.2) is 12.1 Å². The number of carbonyl (C=O) groups excluding carboxylic acids is 1. The molecule has 6 heteroatoms. The van der Waals surface area contributed by atoms with Crippen LogP contribution in [0.15, 0.2) is 48.5 Å². The summed E-state index contributed by atoms with van der Waals surface area (Å²) in [6, 6.07) is 11.4. The first-order valence-corrected chi connectivity index (χ1v) is 6.85. The summed E-state index contributed by atoms with van der Waals surface area (Å²) in [4.78, 5) is 12.1. The number of rotatable bonds is 1. The quantitative estimate of drug-likeness (QED) is 0.721. The van der Waals surface area contributed by atoms with Crippen LogP contribution in [-0.2, 0) is 16.8 Å². The van der Waals surface area contributed by atoms with E-state index >= 15 is 0 Å². The Bertz CT molecular complexity index is 728. The second kappa shape index (κ2) is 5.02. The van der Waals surface area contributed by atoms with Gasteiger partial charge in [-0.25, -0.2) is 4.79 Å². The van der Waals surface area contributed by atoms with Gasteiger partial charge in [0.25, 0.3) is 0 Å². The predicted molar refractivity (Wildman–Crippen MR) is 74.7 cm³/mol. The van der Waals surface area contributed by atoms with Crippen LogP contribution in [0.1, 0.15) is 21.5 Å². The van der Waals surface area contributed by atoms with Gasteiger partial charge in [-0.2, -0.15) is 13.2 Å². The number of hydrogen-bond donors (Lipinski definition) is 0.